The van der Waals surface area contributed by atoms with Crippen LogP contribution in [0.1, 0.15) is 39.5 Å². The molecule has 0 saturated carbocycles. The minimum absolute atomic E-state index is 0.490. The van der Waals surface area contributed by atoms with E-state index < -0.39 is 5.60 Å². The van der Waals surface area contributed by atoms with E-state index in [1.54, 1.807) is 0 Å². The monoisotopic (exact) mass is 226 g/mol. The van der Waals surface area contributed by atoms with Crippen molar-refractivity contribution < 1.29 is 5.11 Å². The third kappa shape index (κ3) is 2.58. The fraction of sp³-hybridized carbons (Fsp3) is 1.00. The smallest absolute Gasteiger partial charge is 0.0766 e. The molecule has 2 heterocycles. The van der Waals surface area contributed by atoms with Gasteiger partial charge in [0.15, 0.2) is 0 Å². The van der Waals surface area contributed by atoms with Gasteiger partial charge in [-0.1, -0.05) is 13.8 Å². The molecule has 3 atom stereocenters. The molecule has 2 N–H and O–H groups in total. The first-order valence-corrected chi connectivity index (χ1v) is 6.85. The molecule has 2 saturated heterocycles. The van der Waals surface area contributed by atoms with E-state index in [1.807, 2.05) is 0 Å². The second-order valence-electron chi connectivity index (χ2n) is 5.56. The van der Waals surface area contributed by atoms with E-state index in [0.29, 0.717) is 6.04 Å². The van der Waals surface area contributed by atoms with Gasteiger partial charge in [-0.15, -0.1) is 0 Å². The van der Waals surface area contributed by atoms with E-state index in [2.05, 4.69) is 24.1 Å². The zero-order valence-corrected chi connectivity index (χ0v) is 10.7. The van der Waals surface area contributed by atoms with Crippen molar-refractivity contribution in [2.24, 2.45) is 5.92 Å². The number of hydrogen-bond donors (Lipinski definition) is 2. The number of nitrogens with one attached hydrogen (secondary N) is 1. The van der Waals surface area contributed by atoms with Crippen LogP contribution in [0.15, 0.2) is 0 Å². The van der Waals surface area contributed by atoms with E-state index in [4.69, 9.17) is 0 Å². The summed E-state index contributed by atoms with van der Waals surface area (Å²) >= 11 is 0. The van der Waals surface area contributed by atoms with Gasteiger partial charge in [-0.3, -0.25) is 0 Å². The maximum Gasteiger partial charge on any atom is 0.0766 e. The summed E-state index contributed by atoms with van der Waals surface area (Å²) in [6.07, 6.45) is 4.29. The van der Waals surface area contributed by atoms with Crippen LogP contribution in [0.2, 0.25) is 0 Å². The number of nitrogens with zero attached hydrogens (tertiary/aromatic N) is 1. The molecule has 2 bridgehead atoms. The predicted octanol–water partition coefficient (Wildman–Crippen LogP) is 1.22. The van der Waals surface area contributed by atoms with E-state index in [0.717, 1.165) is 25.3 Å². The second kappa shape index (κ2) is 5.03. The van der Waals surface area contributed by atoms with Gasteiger partial charge in [0.25, 0.3) is 0 Å². The summed E-state index contributed by atoms with van der Waals surface area (Å²) in [6.45, 7) is 8.71. The summed E-state index contributed by atoms with van der Waals surface area (Å²) in [4.78, 5) is 2.56. The van der Waals surface area contributed by atoms with Crippen LogP contribution in [0.3, 0.4) is 0 Å². The molecule has 94 valence electrons. The summed E-state index contributed by atoms with van der Waals surface area (Å²) in [5.74, 6) is 0.826. The lowest BCUT2D eigenvalue weighted by atomic mass is 9.92. The fourth-order valence-corrected chi connectivity index (χ4v) is 3.04. The summed E-state index contributed by atoms with van der Waals surface area (Å²) < 4.78 is 0. The van der Waals surface area contributed by atoms with E-state index >= 15 is 0 Å². The molecule has 2 fully saturated rings. The Balaban J connectivity index is 1.81. The highest BCUT2D eigenvalue weighted by atomic mass is 16.3. The molecule has 0 spiro atoms. The minimum Gasteiger partial charge on any atom is -0.389 e. The average molecular weight is 226 g/mol. The number of hydrogen-bond acceptors (Lipinski definition) is 3. The standard InChI is InChI=1S/C13H26N2O/c1-3-13(16,4-2)10-14-12-6-8-15-7-5-11(12)9-15/h11-12,14,16H,3-10H2,1-2H3. The van der Waals surface area contributed by atoms with E-state index in [-0.39, 0.29) is 0 Å². The van der Waals surface area contributed by atoms with Gasteiger partial charge in [-0.05, 0) is 44.7 Å². The minimum atomic E-state index is -0.490. The number of piperidine rings is 1. The van der Waals surface area contributed by atoms with Crippen LogP contribution in [-0.2, 0) is 0 Å². The van der Waals surface area contributed by atoms with Gasteiger partial charge >= 0.3 is 0 Å². The molecule has 0 aromatic rings. The normalized spacial score (nSPS) is 34.3. The Morgan fingerprint density at radius 2 is 1.94 bits per heavy atom. The molecule has 0 radical (unpaired) electrons. The Kier molecular flexibility index (Phi) is 3.88. The molecule has 3 nitrogen and oxygen atoms in total. The Morgan fingerprint density at radius 3 is 2.62 bits per heavy atom. The van der Waals surface area contributed by atoms with Crippen LogP contribution in [0.5, 0.6) is 0 Å². The van der Waals surface area contributed by atoms with E-state index in [1.165, 1.54) is 32.5 Å². The summed E-state index contributed by atoms with van der Waals surface area (Å²) in [7, 11) is 0. The van der Waals surface area contributed by atoms with Gasteiger partial charge in [0.05, 0.1) is 5.60 Å². The molecule has 0 aromatic carbocycles. The molecular weight excluding hydrogens is 200 g/mol. The van der Waals surface area contributed by atoms with Gasteiger partial charge in [0.2, 0.25) is 0 Å². The molecule has 0 aliphatic carbocycles. The Morgan fingerprint density at radius 1 is 1.25 bits per heavy atom. The molecule has 2 rings (SSSR count). The average Bonchev–Trinajstić information content (AvgIpc) is 2.70. The van der Waals surface area contributed by atoms with Crippen molar-refractivity contribution in [3.8, 4) is 0 Å². The SMILES string of the molecule is CCC(O)(CC)CNC1CCN2CCC1C2. The lowest BCUT2D eigenvalue weighted by Gasteiger charge is -2.34. The number of rotatable bonds is 5. The second-order valence-corrected chi connectivity index (χ2v) is 5.56. The quantitative estimate of drug-likeness (QED) is 0.740. The zero-order chi connectivity index (χ0) is 11.6. The molecule has 2 aliphatic heterocycles. The van der Waals surface area contributed by atoms with Crippen LogP contribution in [0.25, 0.3) is 0 Å². The first-order chi connectivity index (χ1) is 7.67. The maximum absolute atomic E-state index is 10.3. The number of fused-ring (bicyclic) bond motifs is 2. The first-order valence-electron chi connectivity index (χ1n) is 6.85. The molecule has 0 aromatic heterocycles. The highest BCUT2D eigenvalue weighted by molar-refractivity contribution is 4.92. The molecule has 3 heteroatoms. The van der Waals surface area contributed by atoms with Crippen LogP contribution in [0.4, 0.5) is 0 Å². The predicted molar refractivity (Wildman–Crippen MR) is 66.5 cm³/mol. The summed E-state index contributed by atoms with van der Waals surface area (Å²) in [5.41, 5.74) is -0.490. The van der Waals surface area contributed by atoms with Gasteiger partial charge in [-0.25, -0.2) is 0 Å². The summed E-state index contributed by atoms with van der Waals surface area (Å²) in [6, 6.07) is 0.642. The van der Waals surface area contributed by atoms with Crippen molar-refractivity contribution in [3.05, 3.63) is 0 Å². The van der Waals surface area contributed by atoms with Crippen molar-refractivity contribution in [1.29, 1.82) is 0 Å². The number of aliphatic hydroxyl groups is 1. The molecule has 3 unspecified atom stereocenters. The van der Waals surface area contributed by atoms with Crippen LogP contribution < -0.4 is 5.32 Å². The largest absolute Gasteiger partial charge is 0.389 e. The third-order valence-corrected chi connectivity index (χ3v) is 4.64. The van der Waals surface area contributed by atoms with Crippen LogP contribution >= 0.6 is 0 Å². The molecule has 16 heavy (non-hydrogen) atoms. The zero-order valence-electron chi connectivity index (χ0n) is 10.7. The van der Waals surface area contributed by atoms with Crippen molar-refractivity contribution in [2.45, 2.75) is 51.2 Å². The Bertz CT molecular complexity index is 228. The molecule has 0 amide bonds. The molecule has 2 aliphatic rings. The van der Waals surface area contributed by atoms with E-state index in [9.17, 15) is 5.11 Å². The highest BCUT2D eigenvalue weighted by Gasteiger charge is 2.35. The lowest BCUT2D eigenvalue weighted by Crippen LogP contribution is -2.49. The Hall–Kier alpha value is -0.120. The van der Waals surface area contributed by atoms with Gasteiger partial charge in [0.1, 0.15) is 0 Å². The molecular formula is C13H26N2O. The third-order valence-electron chi connectivity index (χ3n) is 4.64. The first kappa shape index (κ1) is 12.3. The van der Waals surface area contributed by atoms with Gasteiger partial charge < -0.3 is 15.3 Å². The van der Waals surface area contributed by atoms with Gasteiger partial charge in [0, 0.05) is 19.1 Å². The van der Waals surface area contributed by atoms with Crippen molar-refractivity contribution in [3.63, 3.8) is 0 Å². The van der Waals surface area contributed by atoms with Crippen molar-refractivity contribution in [1.82, 2.24) is 10.2 Å². The fourth-order valence-electron chi connectivity index (χ4n) is 3.04. The maximum atomic E-state index is 10.3. The highest BCUT2D eigenvalue weighted by Crippen LogP contribution is 2.27. The van der Waals surface area contributed by atoms with Crippen LogP contribution in [0, 0.1) is 5.92 Å². The van der Waals surface area contributed by atoms with Crippen molar-refractivity contribution in [2.75, 3.05) is 26.2 Å². The van der Waals surface area contributed by atoms with Crippen LogP contribution in [-0.4, -0.2) is 47.8 Å². The summed E-state index contributed by atoms with van der Waals surface area (Å²) in [5, 5.41) is 13.9. The van der Waals surface area contributed by atoms with Gasteiger partial charge in [-0.2, -0.15) is 0 Å². The Labute approximate surface area is 99.2 Å². The lowest BCUT2D eigenvalue weighted by molar-refractivity contribution is 0.0261. The topological polar surface area (TPSA) is 35.5 Å². The van der Waals surface area contributed by atoms with Crippen molar-refractivity contribution >= 4 is 0 Å².